The molecule has 1 aliphatic rings. The molecule has 2 aromatic rings. The highest BCUT2D eigenvalue weighted by Crippen LogP contribution is 2.37. The molecule has 1 heterocycles. The lowest BCUT2D eigenvalue weighted by Crippen LogP contribution is -2.34. The number of nitrogens with one attached hydrogen (secondary N) is 1. The molecule has 0 spiro atoms. The molecule has 4 nitrogen and oxygen atoms in total. The molecule has 134 valence electrons. The average molecular weight is 414 g/mol. The van der Waals surface area contributed by atoms with E-state index in [1.54, 1.807) is 6.92 Å². The van der Waals surface area contributed by atoms with Crippen LogP contribution in [0.25, 0.3) is 0 Å². The summed E-state index contributed by atoms with van der Waals surface area (Å²) >= 11 is 3.53. The summed E-state index contributed by atoms with van der Waals surface area (Å²) in [6.07, 6.45) is 0.883. The lowest BCUT2D eigenvalue weighted by atomic mass is 9.84. The van der Waals surface area contributed by atoms with Crippen LogP contribution in [0.3, 0.4) is 0 Å². The number of hydrogen-bond acceptors (Lipinski definition) is 3. The number of esters is 1. The van der Waals surface area contributed by atoms with E-state index in [-0.39, 0.29) is 24.2 Å². The Labute approximate surface area is 161 Å². The minimum Gasteiger partial charge on any atom is -0.462 e. The first-order valence-corrected chi connectivity index (χ1v) is 9.31. The molecule has 1 N–H and O–H groups in total. The maximum atomic E-state index is 12.8. The second-order valence-corrected chi connectivity index (χ2v) is 7.09. The molecule has 0 bridgehead atoms. The quantitative estimate of drug-likeness (QED) is 0.750. The van der Waals surface area contributed by atoms with Gasteiger partial charge in [-0.2, -0.15) is 0 Å². The van der Waals surface area contributed by atoms with Crippen molar-refractivity contribution in [3.05, 3.63) is 81.5 Å². The van der Waals surface area contributed by atoms with Crippen LogP contribution in [0.15, 0.2) is 70.3 Å². The van der Waals surface area contributed by atoms with Crippen LogP contribution < -0.4 is 5.32 Å². The highest BCUT2D eigenvalue weighted by molar-refractivity contribution is 9.10. The number of carbonyl (C=O) groups is 2. The Morgan fingerprint density at radius 1 is 1.15 bits per heavy atom. The Balaban J connectivity index is 1.78. The molecule has 5 heteroatoms. The normalized spacial score (nSPS) is 17.0. The first-order chi connectivity index (χ1) is 12.6. The molecular weight excluding hydrogens is 394 g/mol. The zero-order valence-corrected chi connectivity index (χ0v) is 16.1. The van der Waals surface area contributed by atoms with E-state index in [4.69, 9.17) is 4.74 Å². The van der Waals surface area contributed by atoms with Crippen molar-refractivity contribution in [2.24, 2.45) is 0 Å². The largest absolute Gasteiger partial charge is 0.462 e. The summed E-state index contributed by atoms with van der Waals surface area (Å²) in [6.45, 7) is 2.05. The first-order valence-electron chi connectivity index (χ1n) is 8.52. The van der Waals surface area contributed by atoms with Crippen molar-refractivity contribution in [1.82, 2.24) is 5.32 Å². The predicted molar refractivity (Wildman–Crippen MR) is 103 cm³/mol. The van der Waals surface area contributed by atoms with E-state index in [0.717, 1.165) is 15.6 Å². The number of rotatable bonds is 5. The van der Waals surface area contributed by atoms with Gasteiger partial charge in [-0.3, -0.25) is 4.79 Å². The van der Waals surface area contributed by atoms with E-state index < -0.39 is 0 Å². The van der Waals surface area contributed by atoms with Crippen molar-refractivity contribution >= 4 is 27.8 Å². The third kappa shape index (κ3) is 4.22. The lowest BCUT2D eigenvalue weighted by molar-refractivity contribution is -0.139. The van der Waals surface area contributed by atoms with Gasteiger partial charge in [-0.05, 0) is 24.1 Å². The van der Waals surface area contributed by atoms with E-state index in [9.17, 15) is 9.59 Å². The molecule has 0 aromatic heterocycles. The summed E-state index contributed by atoms with van der Waals surface area (Å²) < 4.78 is 6.40. The number of carbonyl (C=O) groups excluding carboxylic acids is 2. The van der Waals surface area contributed by atoms with E-state index in [1.807, 2.05) is 54.6 Å². The molecule has 1 aliphatic heterocycles. The Bertz CT molecular complexity index is 845. The Kier molecular flexibility index (Phi) is 5.89. The minimum atomic E-state index is -0.376. The molecular formula is C21H20BrNO3. The van der Waals surface area contributed by atoms with Gasteiger partial charge in [0.1, 0.15) is 0 Å². The number of halogens is 1. The highest BCUT2D eigenvalue weighted by atomic mass is 79.9. The molecule has 1 atom stereocenters. The van der Waals surface area contributed by atoms with Gasteiger partial charge < -0.3 is 10.1 Å². The van der Waals surface area contributed by atoms with Gasteiger partial charge in [0.2, 0.25) is 5.91 Å². The summed E-state index contributed by atoms with van der Waals surface area (Å²) in [5, 5.41) is 2.76. The van der Waals surface area contributed by atoms with E-state index in [1.165, 1.54) is 0 Å². The van der Waals surface area contributed by atoms with E-state index in [0.29, 0.717) is 24.3 Å². The third-order valence-electron chi connectivity index (χ3n) is 4.44. The van der Waals surface area contributed by atoms with Crippen molar-refractivity contribution in [2.45, 2.75) is 25.7 Å². The van der Waals surface area contributed by atoms with Crippen LogP contribution in [-0.4, -0.2) is 18.5 Å². The van der Waals surface area contributed by atoms with Crippen LogP contribution in [0.4, 0.5) is 0 Å². The van der Waals surface area contributed by atoms with Gasteiger partial charge in [-0.15, -0.1) is 0 Å². The molecule has 0 aliphatic carbocycles. The Morgan fingerprint density at radius 2 is 1.85 bits per heavy atom. The Morgan fingerprint density at radius 3 is 2.58 bits per heavy atom. The molecule has 0 radical (unpaired) electrons. The zero-order chi connectivity index (χ0) is 18.5. The van der Waals surface area contributed by atoms with Crippen molar-refractivity contribution in [3.63, 3.8) is 0 Å². The van der Waals surface area contributed by atoms with Crippen molar-refractivity contribution in [1.29, 1.82) is 0 Å². The number of hydrogen-bond donors (Lipinski definition) is 1. The summed E-state index contributed by atoms with van der Waals surface area (Å²) in [7, 11) is 0. The van der Waals surface area contributed by atoms with Crippen LogP contribution in [0.1, 0.15) is 30.4 Å². The van der Waals surface area contributed by atoms with E-state index in [2.05, 4.69) is 21.2 Å². The highest BCUT2D eigenvalue weighted by Gasteiger charge is 2.33. The van der Waals surface area contributed by atoms with Crippen LogP contribution in [0.5, 0.6) is 0 Å². The van der Waals surface area contributed by atoms with Gasteiger partial charge in [0.05, 0.1) is 12.2 Å². The minimum absolute atomic E-state index is 0.0934. The van der Waals surface area contributed by atoms with Crippen LogP contribution in [0, 0.1) is 0 Å². The molecule has 0 saturated heterocycles. The fourth-order valence-corrected chi connectivity index (χ4v) is 3.74. The van der Waals surface area contributed by atoms with Crippen molar-refractivity contribution in [3.8, 4) is 0 Å². The number of benzene rings is 2. The summed E-state index contributed by atoms with van der Waals surface area (Å²) in [4.78, 5) is 24.8. The summed E-state index contributed by atoms with van der Waals surface area (Å²) in [6, 6.07) is 17.5. The molecule has 0 saturated carbocycles. The lowest BCUT2D eigenvalue weighted by Gasteiger charge is -2.27. The number of ether oxygens (including phenoxy) is 1. The molecule has 26 heavy (non-hydrogen) atoms. The Hall–Kier alpha value is -2.40. The third-order valence-corrected chi connectivity index (χ3v) is 5.16. The summed E-state index contributed by atoms with van der Waals surface area (Å²) in [5.41, 5.74) is 3.11. The topological polar surface area (TPSA) is 55.4 Å². The van der Waals surface area contributed by atoms with Crippen LogP contribution in [-0.2, 0) is 20.7 Å². The monoisotopic (exact) mass is 413 g/mol. The molecule has 1 amide bonds. The van der Waals surface area contributed by atoms with E-state index >= 15 is 0 Å². The van der Waals surface area contributed by atoms with Gasteiger partial charge in [-0.1, -0.05) is 64.5 Å². The standard InChI is InChI=1S/C21H20BrNO3/c1-14-20(21(25)26-12-11-15-7-3-2-4-8-15)17(13-19(24)23-14)16-9-5-6-10-18(16)22/h2-10,17H,11-13H2,1H3,(H,23,24). The molecule has 2 aromatic carbocycles. The fraction of sp³-hybridized carbons (Fsp3) is 0.238. The van der Waals surface area contributed by atoms with Gasteiger partial charge in [-0.25, -0.2) is 4.79 Å². The van der Waals surface area contributed by atoms with Gasteiger partial charge >= 0.3 is 5.97 Å². The maximum absolute atomic E-state index is 12.8. The van der Waals surface area contributed by atoms with Crippen molar-refractivity contribution < 1.29 is 14.3 Å². The number of amides is 1. The number of allylic oxidation sites excluding steroid dienone is 1. The molecule has 0 fully saturated rings. The second-order valence-electron chi connectivity index (χ2n) is 6.24. The van der Waals surface area contributed by atoms with Gasteiger partial charge in [0.15, 0.2) is 0 Å². The van der Waals surface area contributed by atoms with Crippen molar-refractivity contribution in [2.75, 3.05) is 6.61 Å². The second kappa shape index (κ2) is 8.32. The van der Waals surface area contributed by atoms with Gasteiger partial charge in [0, 0.05) is 28.9 Å². The smallest absolute Gasteiger partial charge is 0.336 e. The van der Waals surface area contributed by atoms with Crippen LogP contribution >= 0.6 is 15.9 Å². The molecule has 1 unspecified atom stereocenters. The van der Waals surface area contributed by atoms with Gasteiger partial charge in [0.25, 0.3) is 0 Å². The first kappa shape index (κ1) is 18.4. The molecule has 3 rings (SSSR count). The van der Waals surface area contributed by atoms with Crippen LogP contribution in [0.2, 0.25) is 0 Å². The SMILES string of the molecule is CC1=C(C(=O)OCCc2ccccc2)C(c2ccccc2Br)CC(=O)N1. The fourth-order valence-electron chi connectivity index (χ4n) is 3.18. The zero-order valence-electron chi connectivity index (χ0n) is 14.5. The predicted octanol–water partition coefficient (Wildman–Crippen LogP) is 4.11. The average Bonchev–Trinajstić information content (AvgIpc) is 2.62. The maximum Gasteiger partial charge on any atom is 0.336 e. The summed E-state index contributed by atoms with van der Waals surface area (Å²) in [5.74, 6) is -0.785.